The van der Waals surface area contributed by atoms with Gasteiger partial charge in [-0.15, -0.1) is 0 Å². The summed E-state index contributed by atoms with van der Waals surface area (Å²) < 4.78 is 13.2. The predicted molar refractivity (Wildman–Crippen MR) is 149 cm³/mol. The Kier molecular flexibility index (Phi) is 3.83. The molecule has 0 aliphatic carbocycles. The van der Waals surface area contributed by atoms with Crippen LogP contribution in [0.1, 0.15) is 11.1 Å². The number of aryl methyl sites for hydroxylation is 2. The Bertz CT molecular complexity index is 1880. The third-order valence-electron chi connectivity index (χ3n) is 7.55. The van der Waals surface area contributed by atoms with Gasteiger partial charge in [-0.05, 0) is 83.3 Å². The van der Waals surface area contributed by atoms with E-state index in [1.807, 2.05) is 0 Å². The van der Waals surface area contributed by atoms with Crippen molar-refractivity contribution in [3.63, 3.8) is 0 Å². The monoisotopic (exact) mass is 462 g/mol. The van der Waals surface area contributed by atoms with E-state index >= 15 is 0 Å². The molecule has 0 saturated heterocycles. The minimum absolute atomic E-state index is 0.884. The summed E-state index contributed by atoms with van der Waals surface area (Å²) in [6, 6.07) is 34.7. The first kappa shape index (κ1) is 19.7. The second-order valence-electron chi connectivity index (χ2n) is 9.96. The van der Waals surface area contributed by atoms with Crippen LogP contribution in [-0.4, -0.2) is 0 Å². The number of benzene rings is 6. The maximum Gasteiger partial charge on any atom is 0.136 e. The van der Waals surface area contributed by atoms with Crippen molar-refractivity contribution in [2.24, 2.45) is 0 Å². The minimum Gasteiger partial charge on any atom is -0.456 e. The molecule has 6 aromatic rings. The Morgan fingerprint density at radius 1 is 0.389 bits per heavy atom. The summed E-state index contributed by atoms with van der Waals surface area (Å²) >= 11 is 0. The van der Waals surface area contributed by atoms with E-state index in [2.05, 4.69) is 111 Å². The molecular formula is C34H22O2. The molecule has 2 aliphatic heterocycles. The highest BCUT2D eigenvalue weighted by Crippen LogP contribution is 2.49. The Morgan fingerprint density at radius 3 is 1.22 bits per heavy atom. The molecule has 2 nitrogen and oxygen atoms in total. The maximum atomic E-state index is 6.60. The van der Waals surface area contributed by atoms with Crippen molar-refractivity contribution in [1.82, 2.24) is 0 Å². The Balaban J connectivity index is 1.45. The van der Waals surface area contributed by atoms with E-state index in [1.165, 1.54) is 22.3 Å². The normalized spacial score (nSPS) is 12.2. The van der Waals surface area contributed by atoms with Crippen LogP contribution in [0.4, 0.5) is 0 Å². The smallest absolute Gasteiger partial charge is 0.136 e. The molecule has 0 amide bonds. The van der Waals surface area contributed by atoms with Gasteiger partial charge < -0.3 is 8.83 Å². The first-order valence-corrected chi connectivity index (χ1v) is 12.3. The summed E-state index contributed by atoms with van der Waals surface area (Å²) in [6.45, 7) is 4.23. The predicted octanol–water partition coefficient (Wildman–Crippen LogP) is 9.98. The second kappa shape index (κ2) is 6.99. The fourth-order valence-electron chi connectivity index (χ4n) is 5.71. The van der Waals surface area contributed by atoms with E-state index < -0.39 is 0 Å². The first-order valence-electron chi connectivity index (χ1n) is 12.3. The lowest BCUT2D eigenvalue weighted by molar-refractivity contribution is 0.646. The van der Waals surface area contributed by atoms with E-state index in [1.54, 1.807) is 0 Å². The van der Waals surface area contributed by atoms with Gasteiger partial charge in [0.05, 0.1) is 0 Å². The summed E-state index contributed by atoms with van der Waals surface area (Å²) in [5.41, 5.74) is 13.0. The Labute approximate surface area is 208 Å². The zero-order chi connectivity index (χ0) is 24.0. The van der Waals surface area contributed by atoms with Crippen LogP contribution in [0.3, 0.4) is 0 Å². The van der Waals surface area contributed by atoms with Crippen LogP contribution in [0, 0.1) is 13.8 Å². The van der Waals surface area contributed by atoms with Gasteiger partial charge in [-0.1, -0.05) is 71.8 Å². The molecule has 0 N–H and O–H groups in total. The lowest BCUT2D eigenvalue weighted by Crippen LogP contribution is -1.95. The summed E-state index contributed by atoms with van der Waals surface area (Å²) in [6.07, 6.45) is 0. The first-order chi connectivity index (χ1) is 17.6. The van der Waals surface area contributed by atoms with Crippen LogP contribution in [0.25, 0.3) is 77.3 Å². The molecule has 0 atom stereocenters. The van der Waals surface area contributed by atoms with Gasteiger partial charge >= 0.3 is 0 Å². The van der Waals surface area contributed by atoms with E-state index in [-0.39, 0.29) is 0 Å². The largest absolute Gasteiger partial charge is 0.456 e. The molecule has 0 radical (unpaired) electrons. The summed E-state index contributed by atoms with van der Waals surface area (Å²) in [4.78, 5) is 0. The molecule has 6 aromatic carbocycles. The van der Waals surface area contributed by atoms with Gasteiger partial charge in [-0.2, -0.15) is 0 Å². The fourth-order valence-corrected chi connectivity index (χ4v) is 5.71. The van der Waals surface area contributed by atoms with Crippen molar-refractivity contribution in [2.75, 3.05) is 0 Å². The highest BCUT2D eigenvalue weighted by Gasteiger charge is 2.25. The fraction of sp³-hybridized carbons (Fsp3) is 0.0588. The van der Waals surface area contributed by atoms with Crippen molar-refractivity contribution in [3.8, 4) is 33.4 Å². The maximum absolute atomic E-state index is 6.60. The topological polar surface area (TPSA) is 26.3 Å². The van der Waals surface area contributed by atoms with Gasteiger partial charge in [-0.3, -0.25) is 0 Å². The zero-order valence-corrected chi connectivity index (χ0v) is 20.1. The minimum atomic E-state index is 0.884. The standard InChI is InChI=1S/C34H22O2/c1-19-3-7-21(8-4-19)25-15-23-11-13-28-33-31(23)29(17-25)35-27-14-12-24-16-26(22-9-5-20(2)6-10-22)18-30(36-28)32(24)34(27)33/h3-18H,1-2H3. The average molecular weight is 463 g/mol. The van der Waals surface area contributed by atoms with Crippen molar-refractivity contribution < 1.29 is 8.83 Å². The van der Waals surface area contributed by atoms with Crippen LogP contribution in [0.15, 0.2) is 106 Å². The molecule has 0 unspecified atom stereocenters. The van der Waals surface area contributed by atoms with Crippen molar-refractivity contribution in [1.29, 1.82) is 0 Å². The summed E-state index contributed by atoms with van der Waals surface area (Å²) in [7, 11) is 0. The highest BCUT2D eigenvalue weighted by atomic mass is 16.3. The van der Waals surface area contributed by atoms with Gasteiger partial charge in [0.1, 0.15) is 22.3 Å². The van der Waals surface area contributed by atoms with Gasteiger partial charge in [0.25, 0.3) is 0 Å². The van der Waals surface area contributed by atoms with Crippen LogP contribution >= 0.6 is 0 Å². The molecular weight excluding hydrogens is 440 g/mol. The molecule has 36 heavy (non-hydrogen) atoms. The third-order valence-corrected chi connectivity index (χ3v) is 7.55. The van der Waals surface area contributed by atoms with Crippen LogP contribution < -0.4 is 0 Å². The quantitative estimate of drug-likeness (QED) is 0.189. The molecule has 0 saturated carbocycles. The average Bonchev–Trinajstić information content (AvgIpc) is 2.90. The van der Waals surface area contributed by atoms with E-state index in [0.29, 0.717) is 0 Å². The van der Waals surface area contributed by atoms with Crippen LogP contribution in [-0.2, 0) is 0 Å². The van der Waals surface area contributed by atoms with Crippen molar-refractivity contribution in [2.45, 2.75) is 13.8 Å². The van der Waals surface area contributed by atoms with Gasteiger partial charge in [0, 0.05) is 21.9 Å². The summed E-state index contributed by atoms with van der Waals surface area (Å²) in [5.74, 6) is 0. The van der Waals surface area contributed by atoms with Gasteiger partial charge in [0.15, 0.2) is 0 Å². The van der Waals surface area contributed by atoms with E-state index in [9.17, 15) is 0 Å². The SMILES string of the molecule is Cc1ccc(-c2cc3ccc4oc5cc(-c6ccc(C)cc6)cc6ccc7oc(c2)c3c4-c7c65)cc1. The van der Waals surface area contributed by atoms with Crippen molar-refractivity contribution in [3.05, 3.63) is 108 Å². The molecule has 0 spiro atoms. The zero-order valence-electron chi connectivity index (χ0n) is 20.1. The second-order valence-corrected chi connectivity index (χ2v) is 9.96. The third kappa shape index (κ3) is 2.73. The Morgan fingerprint density at radius 2 is 0.806 bits per heavy atom. The van der Waals surface area contributed by atoms with E-state index in [4.69, 9.17) is 8.83 Å². The molecule has 2 heteroatoms. The summed E-state index contributed by atoms with van der Waals surface area (Å²) in [5, 5.41) is 4.56. The van der Waals surface area contributed by atoms with Crippen LogP contribution in [0.2, 0.25) is 0 Å². The highest BCUT2D eigenvalue weighted by molar-refractivity contribution is 6.24. The molecule has 170 valence electrons. The number of hydrogen-bond acceptors (Lipinski definition) is 2. The van der Waals surface area contributed by atoms with Crippen molar-refractivity contribution >= 4 is 43.9 Å². The number of hydrogen-bond donors (Lipinski definition) is 0. The van der Waals surface area contributed by atoms with E-state index in [0.717, 1.165) is 66.1 Å². The van der Waals surface area contributed by atoms with Crippen LogP contribution in [0.5, 0.6) is 0 Å². The van der Waals surface area contributed by atoms with Gasteiger partial charge in [-0.25, -0.2) is 0 Å². The lowest BCUT2D eigenvalue weighted by atomic mass is 9.88. The number of rotatable bonds is 2. The molecule has 8 rings (SSSR count). The Hall–Kier alpha value is -4.56. The molecule has 0 aromatic heterocycles. The molecule has 2 heterocycles. The lowest BCUT2D eigenvalue weighted by Gasteiger charge is -2.20. The molecule has 0 fully saturated rings. The molecule has 2 aliphatic rings. The molecule has 0 bridgehead atoms. The van der Waals surface area contributed by atoms with Gasteiger partial charge in [0.2, 0.25) is 0 Å².